The van der Waals surface area contributed by atoms with Gasteiger partial charge in [-0.15, -0.1) is 0 Å². The lowest BCUT2D eigenvalue weighted by Gasteiger charge is -2.24. The van der Waals surface area contributed by atoms with Crippen LogP contribution in [0, 0.1) is 0 Å². The van der Waals surface area contributed by atoms with Crippen molar-refractivity contribution in [2.45, 2.75) is 25.9 Å². The van der Waals surface area contributed by atoms with E-state index >= 15 is 0 Å². The van der Waals surface area contributed by atoms with E-state index in [4.69, 9.17) is 9.47 Å². The zero-order valence-electron chi connectivity index (χ0n) is 10.2. The summed E-state index contributed by atoms with van der Waals surface area (Å²) in [5.74, 6) is 0.744. The van der Waals surface area contributed by atoms with Gasteiger partial charge in [0.05, 0.1) is 13.7 Å². The molecule has 0 radical (unpaired) electrons. The largest absolute Gasteiger partial charge is 0.497 e. The van der Waals surface area contributed by atoms with E-state index in [2.05, 4.69) is 0 Å². The van der Waals surface area contributed by atoms with E-state index < -0.39 is 5.60 Å². The quantitative estimate of drug-likeness (QED) is 0.754. The van der Waals surface area contributed by atoms with Crippen LogP contribution >= 0.6 is 0 Å². The first-order valence-electron chi connectivity index (χ1n) is 5.55. The summed E-state index contributed by atoms with van der Waals surface area (Å²) >= 11 is 0. The van der Waals surface area contributed by atoms with Gasteiger partial charge in [-0.3, -0.25) is 0 Å². The van der Waals surface area contributed by atoms with Gasteiger partial charge in [0.25, 0.3) is 0 Å². The second-order valence-corrected chi connectivity index (χ2v) is 4.06. The molecule has 1 aromatic rings. The second kappa shape index (κ2) is 5.87. The first-order chi connectivity index (χ1) is 7.60. The number of hydrogen-bond donors (Lipinski definition) is 1. The Bertz CT molecular complexity index is 321. The van der Waals surface area contributed by atoms with Gasteiger partial charge in [-0.05, 0) is 31.0 Å². The molecule has 0 aliphatic rings. The summed E-state index contributed by atoms with van der Waals surface area (Å²) in [6.07, 6.45) is 0.953. The Labute approximate surface area is 97.0 Å². The molecule has 0 heterocycles. The normalized spacial score (nSPS) is 14.5. The number of aliphatic hydroxyl groups is 1. The summed E-state index contributed by atoms with van der Waals surface area (Å²) in [5, 5.41) is 10.3. The minimum absolute atomic E-state index is 0.300. The van der Waals surface area contributed by atoms with Crippen LogP contribution in [0.15, 0.2) is 24.3 Å². The predicted octanol–water partition coefficient (Wildman–Crippen LogP) is 2.33. The van der Waals surface area contributed by atoms with Crippen molar-refractivity contribution < 1.29 is 14.6 Å². The van der Waals surface area contributed by atoms with Crippen molar-refractivity contribution in [2.75, 3.05) is 20.3 Å². The van der Waals surface area contributed by atoms with Crippen molar-refractivity contribution in [3.63, 3.8) is 0 Å². The highest BCUT2D eigenvalue weighted by molar-refractivity contribution is 5.31. The molecule has 90 valence electrons. The van der Waals surface area contributed by atoms with Crippen LogP contribution in [-0.2, 0) is 10.3 Å². The van der Waals surface area contributed by atoms with Gasteiger partial charge in [-0.25, -0.2) is 0 Å². The van der Waals surface area contributed by atoms with Crippen LogP contribution in [-0.4, -0.2) is 25.4 Å². The first kappa shape index (κ1) is 13.0. The fourth-order valence-corrected chi connectivity index (χ4v) is 1.46. The summed E-state index contributed by atoms with van der Waals surface area (Å²) in [6.45, 7) is 4.76. The molecule has 3 heteroatoms. The van der Waals surface area contributed by atoms with E-state index in [1.54, 1.807) is 14.0 Å². The molecule has 0 spiro atoms. The molecule has 1 N–H and O–H groups in total. The third-order valence-electron chi connectivity index (χ3n) is 2.42. The van der Waals surface area contributed by atoms with Gasteiger partial charge in [-0.1, -0.05) is 19.1 Å². The Balaban J connectivity index is 2.72. The topological polar surface area (TPSA) is 38.7 Å². The minimum atomic E-state index is -0.969. The van der Waals surface area contributed by atoms with E-state index in [0.29, 0.717) is 13.2 Å². The van der Waals surface area contributed by atoms with Gasteiger partial charge in [0.15, 0.2) is 0 Å². The number of rotatable bonds is 6. The molecule has 0 bridgehead atoms. The second-order valence-electron chi connectivity index (χ2n) is 4.06. The van der Waals surface area contributed by atoms with E-state index in [1.165, 1.54) is 0 Å². The molecule has 1 rings (SSSR count). The summed E-state index contributed by atoms with van der Waals surface area (Å²) in [5.41, 5.74) is -0.160. The van der Waals surface area contributed by atoms with Crippen LogP contribution in [0.2, 0.25) is 0 Å². The Kier molecular flexibility index (Phi) is 4.77. The number of ether oxygens (including phenoxy) is 2. The third kappa shape index (κ3) is 3.51. The van der Waals surface area contributed by atoms with Crippen LogP contribution in [0.5, 0.6) is 5.75 Å². The van der Waals surface area contributed by atoms with Gasteiger partial charge in [0.1, 0.15) is 11.4 Å². The number of hydrogen-bond acceptors (Lipinski definition) is 3. The number of methoxy groups -OCH3 is 1. The highest BCUT2D eigenvalue weighted by atomic mass is 16.5. The molecule has 1 aromatic carbocycles. The average molecular weight is 224 g/mol. The molecule has 0 fully saturated rings. The highest BCUT2D eigenvalue weighted by Gasteiger charge is 2.23. The molecule has 0 amide bonds. The lowest BCUT2D eigenvalue weighted by atomic mass is 9.97. The zero-order chi connectivity index (χ0) is 12.0. The van der Waals surface area contributed by atoms with Crippen LogP contribution in [0.25, 0.3) is 0 Å². The van der Waals surface area contributed by atoms with Gasteiger partial charge in [-0.2, -0.15) is 0 Å². The number of benzene rings is 1. The average Bonchev–Trinajstić information content (AvgIpc) is 2.29. The van der Waals surface area contributed by atoms with Gasteiger partial charge in [0.2, 0.25) is 0 Å². The Morgan fingerprint density at radius 3 is 2.75 bits per heavy atom. The summed E-state index contributed by atoms with van der Waals surface area (Å²) in [7, 11) is 1.61. The van der Waals surface area contributed by atoms with Gasteiger partial charge >= 0.3 is 0 Å². The standard InChI is InChI=1S/C13H20O3/c1-4-8-16-10-13(2,14)11-6-5-7-12(9-11)15-3/h5-7,9,14H,4,8,10H2,1-3H3. The fourth-order valence-electron chi connectivity index (χ4n) is 1.46. The molecule has 0 saturated carbocycles. The monoisotopic (exact) mass is 224 g/mol. The van der Waals surface area contributed by atoms with Crippen molar-refractivity contribution in [3.05, 3.63) is 29.8 Å². The molecule has 1 atom stereocenters. The maximum atomic E-state index is 10.3. The molecule has 0 aromatic heterocycles. The maximum Gasteiger partial charge on any atom is 0.119 e. The van der Waals surface area contributed by atoms with Gasteiger partial charge in [0, 0.05) is 6.61 Å². The molecule has 0 saturated heterocycles. The minimum Gasteiger partial charge on any atom is -0.497 e. The lowest BCUT2D eigenvalue weighted by molar-refractivity contribution is -0.0376. The molecule has 1 unspecified atom stereocenters. The molecule has 0 aliphatic carbocycles. The van der Waals surface area contributed by atoms with Crippen molar-refractivity contribution in [1.82, 2.24) is 0 Å². The van der Waals surface area contributed by atoms with Gasteiger partial charge < -0.3 is 14.6 Å². The van der Waals surface area contributed by atoms with Crippen molar-refractivity contribution in [3.8, 4) is 5.75 Å². The smallest absolute Gasteiger partial charge is 0.119 e. The fraction of sp³-hybridized carbons (Fsp3) is 0.538. The van der Waals surface area contributed by atoms with Crippen LogP contribution in [0.4, 0.5) is 0 Å². The zero-order valence-corrected chi connectivity index (χ0v) is 10.2. The third-order valence-corrected chi connectivity index (χ3v) is 2.42. The molecular formula is C13H20O3. The molecule has 0 aliphatic heterocycles. The molecular weight excluding hydrogens is 204 g/mol. The lowest BCUT2D eigenvalue weighted by Crippen LogP contribution is -2.28. The first-order valence-corrected chi connectivity index (χ1v) is 5.55. The van der Waals surface area contributed by atoms with Crippen LogP contribution in [0.1, 0.15) is 25.8 Å². The SMILES string of the molecule is CCCOCC(C)(O)c1cccc(OC)c1. The molecule has 16 heavy (non-hydrogen) atoms. The Morgan fingerprint density at radius 2 is 2.12 bits per heavy atom. The maximum absolute atomic E-state index is 10.3. The Morgan fingerprint density at radius 1 is 1.38 bits per heavy atom. The van der Waals surface area contributed by atoms with E-state index in [9.17, 15) is 5.11 Å². The molecule has 3 nitrogen and oxygen atoms in total. The van der Waals surface area contributed by atoms with E-state index in [-0.39, 0.29) is 0 Å². The predicted molar refractivity (Wildman–Crippen MR) is 63.7 cm³/mol. The van der Waals surface area contributed by atoms with Crippen molar-refractivity contribution >= 4 is 0 Å². The van der Waals surface area contributed by atoms with E-state index in [1.807, 2.05) is 31.2 Å². The summed E-state index contributed by atoms with van der Waals surface area (Å²) in [4.78, 5) is 0. The Hall–Kier alpha value is -1.06. The highest BCUT2D eigenvalue weighted by Crippen LogP contribution is 2.24. The summed E-state index contributed by atoms with van der Waals surface area (Å²) in [6, 6.07) is 7.42. The van der Waals surface area contributed by atoms with Crippen molar-refractivity contribution in [1.29, 1.82) is 0 Å². The van der Waals surface area contributed by atoms with Crippen LogP contribution in [0.3, 0.4) is 0 Å². The summed E-state index contributed by atoms with van der Waals surface area (Å²) < 4.78 is 10.5. The van der Waals surface area contributed by atoms with Crippen molar-refractivity contribution in [2.24, 2.45) is 0 Å². The van der Waals surface area contributed by atoms with Crippen LogP contribution < -0.4 is 4.74 Å². The van der Waals surface area contributed by atoms with E-state index in [0.717, 1.165) is 17.7 Å².